The van der Waals surface area contributed by atoms with Gasteiger partial charge in [0, 0.05) is 36.7 Å². The zero-order chi connectivity index (χ0) is 26.7. The molecular weight excluding hydrogens is 482 g/mol. The van der Waals surface area contributed by atoms with Crippen LogP contribution in [0.15, 0.2) is 54.6 Å². The Bertz CT molecular complexity index is 1160. The van der Waals surface area contributed by atoms with Gasteiger partial charge in [-0.2, -0.15) is 5.26 Å². The molecule has 1 atom stereocenters. The third-order valence-corrected chi connectivity index (χ3v) is 5.75. The minimum atomic E-state index is -0.730. The molecule has 0 saturated carbocycles. The molecule has 0 spiro atoms. The fourth-order valence-corrected chi connectivity index (χ4v) is 3.98. The summed E-state index contributed by atoms with van der Waals surface area (Å²) >= 11 is 6.40. The number of halogens is 3. The lowest BCUT2D eigenvalue weighted by atomic mass is 9.87. The topological polar surface area (TPSA) is 54.3 Å². The molecule has 7 heteroatoms. The smallest absolute Gasteiger partial charge is 0.174 e. The number of ether oxygens (including phenoxy) is 2. The van der Waals surface area contributed by atoms with Gasteiger partial charge in [-0.3, -0.25) is 0 Å². The first-order chi connectivity index (χ1) is 17.4. The van der Waals surface area contributed by atoms with Crippen molar-refractivity contribution in [1.29, 1.82) is 5.26 Å². The summed E-state index contributed by atoms with van der Waals surface area (Å²) in [5, 5.41) is 13.0. The molecule has 0 bridgehead atoms. The van der Waals surface area contributed by atoms with E-state index in [1.807, 2.05) is 64.1 Å². The molecule has 0 amide bonds. The first-order valence-electron chi connectivity index (χ1n) is 12.0. The van der Waals surface area contributed by atoms with Gasteiger partial charge in [0.05, 0.1) is 23.3 Å². The van der Waals surface area contributed by atoms with Crippen LogP contribution in [0.4, 0.5) is 8.78 Å². The van der Waals surface area contributed by atoms with E-state index in [1.165, 1.54) is 31.4 Å². The van der Waals surface area contributed by atoms with Crippen LogP contribution >= 0.6 is 11.6 Å². The fourth-order valence-electron chi connectivity index (χ4n) is 3.73. The molecule has 36 heavy (non-hydrogen) atoms. The van der Waals surface area contributed by atoms with Crippen LogP contribution in [0.5, 0.6) is 5.75 Å². The summed E-state index contributed by atoms with van der Waals surface area (Å²) in [5.41, 5.74) is 1.54. The quantitative estimate of drug-likeness (QED) is 0.288. The predicted molar refractivity (Wildman–Crippen MR) is 142 cm³/mol. The van der Waals surface area contributed by atoms with Crippen LogP contribution in [0.25, 0.3) is 11.1 Å². The number of hydrogen-bond acceptors (Lipinski definition) is 4. The normalized spacial score (nSPS) is 11.4. The maximum absolute atomic E-state index is 15.5. The summed E-state index contributed by atoms with van der Waals surface area (Å²) in [4.78, 5) is 0. The Morgan fingerprint density at radius 3 is 2.33 bits per heavy atom. The second kappa shape index (κ2) is 14.5. The lowest BCUT2D eigenvalue weighted by Crippen LogP contribution is -2.29. The third-order valence-electron chi connectivity index (χ3n) is 5.44. The Balaban J connectivity index is 0.00000222. The fraction of sp³-hybridized carbons (Fsp3) is 0.345. The number of methoxy groups -OCH3 is 1. The molecule has 0 aliphatic carbocycles. The van der Waals surface area contributed by atoms with Gasteiger partial charge in [0.25, 0.3) is 0 Å². The van der Waals surface area contributed by atoms with Crippen molar-refractivity contribution in [3.05, 3.63) is 87.9 Å². The summed E-state index contributed by atoms with van der Waals surface area (Å²) in [6.07, 6.45) is 0. The number of nitrogens with one attached hydrogen (secondary N) is 1. The van der Waals surface area contributed by atoms with E-state index in [0.717, 1.165) is 5.56 Å². The van der Waals surface area contributed by atoms with Crippen LogP contribution in [0.2, 0.25) is 5.02 Å². The summed E-state index contributed by atoms with van der Waals surface area (Å²) in [5.74, 6) is -1.62. The van der Waals surface area contributed by atoms with Crippen molar-refractivity contribution in [3.63, 3.8) is 0 Å². The van der Waals surface area contributed by atoms with Gasteiger partial charge < -0.3 is 14.8 Å². The Kier molecular flexibility index (Phi) is 11.8. The highest BCUT2D eigenvalue weighted by Crippen LogP contribution is 2.40. The van der Waals surface area contributed by atoms with Crippen LogP contribution in [0, 0.1) is 23.0 Å². The zero-order valence-corrected chi connectivity index (χ0v) is 22.1. The number of hydrogen-bond donors (Lipinski definition) is 1. The maximum atomic E-state index is 15.5. The van der Waals surface area contributed by atoms with E-state index >= 15 is 8.78 Å². The largest absolute Gasteiger partial charge is 0.488 e. The molecule has 3 aromatic rings. The molecule has 192 valence electrons. The summed E-state index contributed by atoms with van der Waals surface area (Å²) in [7, 11) is 1.51. The van der Waals surface area contributed by atoms with E-state index in [0.29, 0.717) is 12.1 Å². The van der Waals surface area contributed by atoms with E-state index in [1.54, 1.807) is 0 Å². The van der Waals surface area contributed by atoms with Gasteiger partial charge in [0.15, 0.2) is 11.6 Å². The van der Waals surface area contributed by atoms with Crippen LogP contribution in [-0.2, 0) is 4.74 Å². The highest BCUT2D eigenvalue weighted by atomic mass is 35.5. The highest BCUT2D eigenvalue weighted by molar-refractivity contribution is 6.33. The van der Waals surface area contributed by atoms with Gasteiger partial charge in [0.2, 0.25) is 0 Å². The molecule has 1 unspecified atom stereocenters. The second-order valence-electron chi connectivity index (χ2n) is 8.13. The molecule has 3 aromatic carbocycles. The minimum absolute atomic E-state index is 0.00863. The van der Waals surface area contributed by atoms with Crippen LogP contribution in [-0.4, -0.2) is 32.9 Å². The second-order valence-corrected chi connectivity index (χ2v) is 8.54. The first-order valence-corrected chi connectivity index (χ1v) is 12.4. The van der Waals surface area contributed by atoms with E-state index in [4.69, 9.17) is 21.1 Å². The molecular formula is C29H33ClF2N2O2. The number of nitrogens with zero attached hydrogens (tertiary/aromatic N) is 1. The average Bonchev–Trinajstić information content (AvgIpc) is 2.88. The van der Waals surface area contributed by atoms with Crippen molar-refractivity contribution in [2.24, 2.45) is 0 Å². The lowest BCUT2D eigenvalue weighted by Gasteiger charge is -2.22. The average molecular weight is 515 g/mol. The standard InChI is InChI=1S/C27H27ClF2N2O2.C2H6/c1-17(2)32-16-22(18-7-5-4-6-8-18)20-13-21(23(28)14-24(20)29)26-19(15-31)9-10-25(27(26)30)34-12-11-33-3;1-2/h4-10,13-14,17,22,32H,11-12,16H2,1-3H3;1-2H3. The Morgan fingerprint density at radius 2 is 1.72 bits per heavy atom. The molecule has 0 saturated heterocycles. The van der Waals surface area contributed by atoms with Gasteiger partial charge in [-0.1, -0.05) is 69.6 Å². The van der Waals surface area contributed by atoms with Crippen molar-refractivity contribution in [3.8, 4) is 22.9 Å². The van der Waals surface area contributed by atoms with Gasteiger partial charge in [-0.05, 0) is 35.4 Å². The number of rotatable bonds is 10. The summed E-state index contributed by atoms with van der Waals surface area (Å²) in [6, 6.07) is 17.3. The molecule has 0 aliphatic rings. The zero-order valence-electron chi connectivity index (χ0n) is 21.4. The van der Waals surface area contributed by atoms with Crippen molar-refractivity contribution in [2.75, 3.05) is 26.9 Å². The van der Waals surface area contributed by atoms with E-state index in [9.17, 15) is 5.26 Å². The molecule has 0 radical (unpaired) electrons. The molecule has 0 fully saturated rings. The van der Waals surface area contributed by atoms with E-state index in [-0.39, 0.29) is 52.6 Å². The number of benzene rings is 3. The summed E-state index contributed by atoms with van der Waals surface area (Å²) < 4.78 is 41.2. The SMILES string of the molecule is CC.COCCOc1ccc(C#N)c(-c2cc(C(CNC(C)C)c3ccccc3)c(F)cc2Cl)c1F. The van der Waals surface area contributed by atoms with Gasteiger partial charge in [-0.15, -0.1) is 0 Å². The van der Waals surface area contributed by atoms with E-state index in [2.05, 4.69) is 5.32 Å². The van der Waals surface area contributed by atoms with Crippen molar-refractivity contribution >= 4 is 11.6 Å². The minimum Gasteiger partial charge on any atom is -0.488 e. The molecule has 0 aliphatic heterocycles. The van der Waals surface area contributed by atoms with Gasteiger partial charge >= 0.3 is 0 Å². The first kappa shape index (κ1) is 29.3. The van der Waals surface area contributed by atoms with Crippen LogP contribution in [0.1, 0.15) is 50.3 Å². The molecule has 3 rings (SSSR count). The lowest BCUT2D eigenvalue weighted by molar-refractivity contribution is 0.144. The van der Waals surface area contributed by atoms with Crippen molar-refractivity contribution < 1.29 is 18.3 Å². The van der Waals surface area contributed by atoms with E-state index < -0.39 is 11.6 Å². The summed E-state index contributed by atoms with van der Waals surface area (Å²) in [6.45, 7) is 8.90. The van der Waals surface area contributed by atoms with Crippen molar-refractivity contribution in [1.82, 2.24) is 5.32 Å². The Morgan fingerprint density at radius 1 is 1.03 bits per heavy atom. The molecule has 1 N–H and O–H groups in total. The molecule has 0 aromatic heterocycles. The van der Waals surface area contributed by atoms with Crippen LogP contribution < -0.4 is 10.1 Å². The monoisotopic (exact) mass is 514 g/mol. The van der Waals surface area contributed by atoms with Crippen molar-refractivity contribution in [2.45, 2.75) is 39.7 Å². The van der Waals surface area contributed by atoms with Gasteiger partial charge in [-0.25, -0.2) is 8.78 Å². The Hall–Kier alpha value is -2.98. The maximum Gasteiger partial charge on any atom is 0.174 e. The molecule has 0 heterocycles. The highest BCUT2D eigenvalue weighted by Gasteiger charge is 2.24. The Labute approximate surface area is 217 Å². The van der Waals surface area contributed by atoms with Gasteiger partial charge in [0.1, 0.15) is 12.4 Å². The number of nitriles is 1. The van der Waals surface area contributed by atoms with Crippen LogP contribution in [0.3, 0.4) is 0 Å². The molecule has 4 nitrogen and oxygen atoms in total. The third kappa shape index (κ3) is 7.27. The predicted octanol–water partition coefficient (Wildman–Crippen LogP) is 7.34.